The van der Waals surface area contributed by atoms with Crippen LogP contribution in [0.4, 0.5) is 14.6 Å². The molecule has 2 unspecified atom stereocenters. The molecule has 7 heterocycles. The number of phosphoric ester groups is 1. The van der Waals surface area contributed by atoms with Crippen LogP contribution in [0, 0.1) is 5.82 Å². The first-order chi connectivity index (χ1) is 21.8. The van der Waals surface area contributed by atoms with Gasteiger partial charge in [0.1, 0.15) is 41.6 Å². The van der Waals surface area contributed by atoms with Crippen LogP contribution >= 0.6 is 26.9 Å². The number of nitrogens with two attached hydrogens (primary N) is 1. The van der Waals surface area contributed by atoms with E-state index in [4.69, 9.17) is 33.3 Å². The van der Waals surface area contributed by atoms with Gasteiger partial charge < -0.3 is 34.8 Å². The number of H-pyrrole nitrogens is 1. The highest BCUT2D eigenvalue weighted by molar-refractivity contribution is 8.44. The van der Waals surface area contributed by atoms with E-state index in [-0.39, 0.29) is 29.0 Å². The zero-order valence-corrected chi connectivity index (χ0v) is 25.7. The Kier molecular flexibility index (Phi) is 8.04. The maximum Gasteiger partial charge on any atom is 0.472 e. The van der Waals surface area contributed by atoms with Crippen molar-refractivity contribution in [3.05, 3.63) is 41.3 Å². The van der Waals surface area contributed by atoms with Crippen LogP contribution in [-0.4, -0.2) is 94.0 Å². The predicted octanol–water partition coefficient (Wildman–Crippen LogP) is 1.13. The summed E-state index contributed by atoms with van der Waals surface area (Å²) < 4.78 is 92.3. The monoisotopic (exact) mass is 708 g/mol. The normalized spacial score (nSPS) is 37.4. The first kappa shape index (κ1) is 31.7. The first-order valence-electron chi connectivity index (χ1n) is 13.4. The van der Waals surface area contributed by atoms with Gasteiger partial charge >= 0.3 is 14.6 Å². The lowest BCUT2D eigenvalue weighted by Crippen LogP contribution is -2.36. The fourth-order valence-electron chi connectivity index (χ4n) is 5.59. The standard InChI is InChI=1S/C22H24F2N8O11P2S/c23-8-3-31(18-11(8)20(34)29-6-27-18)22-16-14(33)10(41-22)4-39-45(37,46)43-15-9(1-2-38-44(35,36)42-16)40-21(12(15)24)32-7-30-13-17(25)26-5-28-19(13)32/h3,5-7,9-10,12,14-16,21-22,33H,1-2,4H2,(H,35,36)(H,37,46)(H2,25,26,28)(H,27,29,34)/t9-,10-,12-,14-,15-,16-,21-,22-,45?/m1/s1. The number of thiol groups is 1. The molecule has 0 spiro atoms. The molecule has 2 bridgehead atoms. The van der Waals surface area contributed by atoms with Crippen LogP contribution in [0.25, 0.3) is 22.2 Å². The predicted molar refractivity (Wildman–Crippen MR) is 151 cm³/mol. The zero-order valence-electron chi connectivity index (χ0n) is 23.0. The van der Waals surface area contributed by atoms with E-state index in [2.05, 4.69) is 37.2 Å². The number of aliphatic hydroxyl groups is 1. The molecule has 0 amide bonds. The minimum absolute atomic E-state index is 0.0355. The Morgan fingerprint density at radius 3 is 2.63 bits per heavy atom. The summed E-state index contributed by atoms with van der Waals surface area (Å²) in [5.74, 6) is -0.970. The number of imidazole rings is 1. The number of hydrogen-bond acceptors (Lipinski definition) is 15. The highest BCUT2D eigenvalue weighted by Gasteiger charge is 2.53. The third-order valence-corrected chi connectivity index (χ3v) is 10.3. The maximum absolute atomic E-state index is 16.0. The van der Waals surface area contributed by atoms with Gasteiger partial charge in [-0.25, -0.2) is 37.8 Å². The van der Waals surface area contributed by atoms with Crippen molar-refractivity contribution in [3.63, 3.8) is 0 Å². The van der Waals surface area contributed by atoms with Gasteiger partial charge in [-0.3, -0.25) is 27.5 Å². The van der Waals surface area contributed by atoms with E-state index in [9.17, 15) is 28.3 Å². The lowest BCUT2D eigenvalue weighted by Gasteiger charge is -2.26. The molecule has 248 valence electrons. The van der Waals surface area contributed by atoms with Crippen molar-refractivity contribution in [2.75, 3.05) is 18.9 Å². The van der Waals surface area contributed by atoms with Crippen molar-refractivity contribution in [1.82, 2.24) is 34.1 Å². The molecule has 0 radical (unpaired) electrons. The molecule has 19 nitrogen and oxygen atoms in total. The van der Waals surface area contributed by atoms with Crippen molar-refractivity contribution in [2.45, 2.75) is 55.6 Å². The van der Waals surface area contributed by atoms with E-state index in [0.717, 1.165) is 23.4 Å². The van der Waals surface area contributed by atoms with E-state index in [1.165, 1.54) is 10.9 Å². The van der Waals surface area contributed by atoms with Crippen molar-refractivity contribution in [1.29, 1.82) is 0 Å². The molecule has 0 saturated carbocycles. The van der Waals surface area contributed by atoms with E-state index < -0.39 is 93.7 Å². The van der Waals surface area contributed by atoms with Gasteiger partial charge in [-0.15, -0.1) is 0 Å². The van der Waals surface area contributed by atoms with E-state index >= 15 is 4.39 Å². The average Bonchev–Trinajstić information content (AvgIpc) is 3.73. The smallest absolute Gasteiger partial charge is 0.387 e. The number of rotatable bonds is 2. The van der Waals surface area contributed by atoms with Crippen molar-refractivity contribution in [2.24, 2.45) is 0 Å². The number of nitrogen functional groups attached to an aromatic ring is 1. The average molecular weight is 708 g/mol. The van der Waals surface area contributed by atoms with Crippen molar-refractivity contribution in [3.8, 4) is 0 Å². The molecule has 0 aliphatic carbocycles. The summed E-state index contributed by atoms with van der Waals surface area (Å²) in [6, 6.07) is 0. The van der Waals surface area contributed by atoms with Gasteiger partial charge in [0.25, 0.3) is 5.56 Å². The number of phosphoric acid groups is 1. The third-order valence-electron chi connectivity index (χ3n) is 7.65. The molecule has 3 aliphatic rings. The summed E-state index contributed by atoms with van der Waals surface area (Å²) in [4.78, 5) is 41.0. The summed E-state index contributed by atoms with van der Waals surface area (Å²) in [7, 11) is -5.03. The molecule has 7 rings (SSSR count). The largest absolute Gasteiger partial charge is 0.472 e. The van der Waals surface area contributed by atoms with Gasteiger partial charge in [0.15, 0.2) is 41.6 Å². The Hall–Kier alpha value is -2.88. The molecule has 3 aliphatic heterocycles. The number of alkyl halides is 1. The summed E-state index contributed by atoms with van der Waals surface area (Å²) in [5, 5.41) is 10.6. The van der Waals surface area contributed by atoms with E-state index in [1.54, 1.807) is 0 Å². The molecule has 46 heavy (non-hydrogen) atoms. The van der Waals surface area contributed by atoms with Crippen molar-refractivity contribution >= 4 is 54.9 Å². The summed E-state index contributed by atoms with van der Waals surface area (Å²) in [5.41, 5.74) is 5.08. The maximum atomic E-state index is 16.0. The Bertz CT molecular complexity index is 1970. The number of hydrogen-bond donors (Lipinski definition) is 5. The van der Waals surface area contributed by atoms with Crippen LogP contribution in [0.2, 0.25) is 0 Å². The van der Waals surface area contributed by atoms with Gasteiger partial charge in [0, 0.05) is 12.6 Å². The van der Waals surface area contributed by atoms with Gasteiger partial charge in [-0.1, -0.05) is 12.2 Å². The van der Waals surface area contributed by atoms with Crippen LogP contribution in [0.5, 0.6) is 0 Å². The topological polar surface area (TPSA) is 250 Å². The molecular formula is C22H24F2N8O11P2S. The quantitative estimate of drug-likeness (QED) is 0.145. The SMILES string of the molecule is Nc1ncnc2c1ncn2[C@@H]1O[C@@H]2CCOP(=O)(O)O[C@@H]3[C@H](O)[C@@H](COP(=O)(S)O[C@H]2[C@H]1F)O[C@H]3n1cc(F)c2c(=O)[nH]cnc21. The third kappa shape index (κ3) is 5.56. The molecule has 24 heteroatoms. The molecule has 3 fully saturated rings. The summed E-state index contributed by atoms with van der Waals surface area (Å²) >= 11 is 3.98. The Balaban J connectivity index is 1.18. The molecule has 4 aromatic heterocycles. The summed E-state index contributed by atoms with van der Waals surface area (Å²) in [6.07, 6.45) is -9.00. The number of ether oxygens (including phenoxy) is 2. The van der Waals surface area contributed by atoms with E-state index in [1.807, 2.05) is 0 Å². The van der Waals surface area contributed by atoms with E-state index in [0.29, 0.717) is 0 Å². The Morgan fingerprint density at radius 2 is 1.83 bits per heavy atom. The Labute approximate surface area is 260 Å². The minimum Gasteiger partial charge on any atom is -0.387 e. The van der Waals surface area contributed by atoms with Gasteiger partial charge in [0.05, 0.1) is 32.0 Å². The minimum atomic E-state index is -5.03. The Morgan fingerprint density at radius 1 is 1.04 bits per heavy atom. The summed E-state index contributed by atoms with van der Waals surface area (Å²) in [6.45, 7) is -5.77. The number of aromatic amines is 1. The number of nitrogens with zero attached hydrogens (tertiary/aromatic N) is 6. The molecule has 3 saturated heterocycles. The van der Waals surface area contributed by atoms with Gasteiger partial charge in [-0.05, 0) is 0 Å². The lowest BCUT2D eigenvalue weighted by atomic mass is 10.1. The second-order valence-corrected chi connectivity index (χ2v) is 14.7. The van der Waals surface area contributed by atoms with Crippen LogP contribution in [0.1, 0.15) is 18.9 Å². The highest BCUT2D eigenvalue weighted by atomic mass is 32.7. The van der Waals surface area contributed by atoms with Crippen LogP contribution < -0.4 is 11.3 Å². The zero-order chi connectivity index (χ0) is 32.5. The van der Waals surface area contributed by atoms with Gasteiger partial charge in [-0.2, -0.15) is 0 Å². The lowest BCUT2D eigenvalue weighted by molar-refractivity contribution is -0.0491. The second-order valence-electron chi connectivity index (χ2n) is 10.5. The number of fused-ring (bicyclic) bond motifs is 5. The second kappa shape index (κ2) is 11.7. The fourth-order valence-corrected chi connectivity index (χ4v) is 8.01. The molecule has 10 atom stereocenters. The number of nitrogens with one attached hydrogen (secondary N) is 1. The number of aliphatic hydroxyl groups excluding tert-OH is 1. The number of halogens is 2. The first-order valence-corrected chi connectivity index (χ1v) is 17.6. The number of anilines is 1. The molecule has 0 aromatic carbocycles. The molecule has 5 N–H and O–H groups in total. The highest BCUT2D eigenvalue weighted by Crippen LogP contribution is 2.58. The van der Waals surface area contributed by atoms with Gasteiger partial charge in [0.2, 0.25) is 0 Å². The molecule has 4 aromatic rings. The van der Waals surface area contributed by atoms with Crippen molar-refractivity contribution < 1.29 is 55.5 Å². The van der Waals surface area contributed by atoms with Crippen LogP contribution in [0.3, 0.4) is 0 Å². The van der Waals surface area contributed by atoms with Crippen LogP contribution in [0.15, 0.2) is 30.0 Å². The number of aromatic nitrogens is 7. The fraction of sp³-hybridized carbons (Fsp3) is 0.500. The van der Waals surface area contributed by atoms with Crippen LogP contribution in [-0.2, 0) is 36.7 Å². The molecular weight excluding hydrogens is 684 g/mol.